The maximum absolute atomic E-state index is 13.6. The molecular formula is C11H8BrFN2. The third-order valence-corrected chi connectivity index (χ3v) is 2.65. The molecule has 0 saturated carbocycles. The van der Waals surface area contributed by atoms with Gasteiger partial charge in [-0.3, -0.25) is 9.97 Å². The molecule has 2 aromatic rings. The van der Waals surface area contributed by atoms with E-state index in [9.17, 15) is 4.39 Å². The Morgan fingerprint density at radius 3 is 2.60 bits per heavy atom. The van der Waals surface area contributed by atoms with Gasteiger partial charge in [-0.15, -0.1) is 0 Å². The lowest BCUT2D eigenvalue weighted by Gasteiger charge is -2.03. The van der Waals surface area contributed by atoms with Crippen LogP contribution >= 0.6 is 15.9 Å². The van der Waals surface area contributed by atoms with Crippen molar-refractivity contribution in [2.75, 3.05) is 0 Å². The van der Waals surface area contributed by atoms with E-state index in [2.05, 4.69) is 25.9 Å². The van der Waals surface area contributed by atoms with Gasteiger partial charge in [-0.05, 0) is 23.8 Å². The van der Waals surface area contributed by atoms with Crippen LogP contribution in [0.4, 0.5) is 4.39 Å². The summed E-state index contributed by atoms with van der Waals surface area (Å²) in [6, 6.07) is 4.95. The average molecular weight is 267 g/mol. The molecule has 0 amide bonds. The third kappa shape index (κ3) is 2.21. The SMILES string of the molecule is Fc1cc(CBr)cnc1-c1ccncc1. The summed E-state index contributed by atoms with van der Waals surface area (Å²) in [5, 5.41) is 0.605. The Labute approximate surface area is 95.3 Å². The molecule has 0 saturated heterocycles. The standard InChI is InChI=1S/C11H8BrFN2/c12-6-8-5-10(13)11(15-7-8)9-1-3-14-4-2-9/h1-5,7H,6H2. The molecule has 2 nitrogen and oxygen atoms in total. The van der Waals surface area contributed by atoms with E-state index in [1.54, 1.807) is 30.7 Å². The molecule has 0 bridgehead atoms. The second-order valence-electron chi connectivity index (χ2n) is 3.04. The zero-order chi connectivity index (χ0) is 10.7. The Kier molecular flexibility index (Phi) is 3.06. The van der Waals surface area contributed by atoms with Crippen molar-refractivity contribution in [1.82, 2.24) is 9.97 Å². The van der Waals surface area contributed by atoms with Crippen LogP contribution in [0.3, 0.4) is 0 Å². The van der Waals surface area contributed by atoms with Crippen LogP contribution in [0.15, 0.2) is 36.8 Å². The van der Waals surface area contributed by atoms with Gasteiger partial charge in [0.15, 0.2) is 0 Å². The summed E-state index contributed by atoms with van der Waals surface area (Å²) in [6.45, 7) is 0. The average Bonchev–Trinajstić information content (AvgIpc) is 2.30. The molecule has 0 spiro atoms. The fourth-order valence-electron chi connectivity index (χ4n) is 1.27. The Balaban J connectivity index is 2.46. The number of nitrogens with zero attached hydrogens (tertiary/aromatic N) is 2. The van der Waals surface area contributed by atoms with Crippen LogP contribution in [0.5, 0.6) is 0 Å². The number of pyridine rings is 2. The number of hydrogen-bond donors (Lipinski definition) is 0. The van der Waals surface area contributed by atoms with Gasteiger partial charge in [-0.1, -0.05) is 15.9 Å². The Morgan fingerprint density at radius 2 is 2.00 bits per heavy atom. The van der Waals surface area contributed by atoms with Crippen molar-refractivity contribution in [1.29, 1.82) is 0 Å². The third-order valence-electron chi connectivity index (χ3n) is 2.01. The molecule has 76 valence electrons. The number of aromatic nitrogens is 2. The molecule has 0 aliphatic heterocycles. The fourth-order valence-corrected chi connectivity index (χ4v) is 1.58. The first kappa shape index (κ1) is 10.2. The summed E-state index contributed by atoms with van der Waals surface area (Å²) in [7, 11) is 0. The highest BCUT2D eigenvalue weighted by atomic mass is 79.9. The highest BCUT2D eigenvalue weighted by molar-refractivity contribution is 9.08. The van der Waals surface area contributed by atoms with Crippen LogP contribution < -0.4 is 0 Å². The molecule has 0 fully saturated rings. The zero-order valence-electron chi connectivity index (χ0n) is 7.82. The molecule has 0 aliphatic carbocycles. The first-order valence-corrected chi connectivity index (χ1v) is 5.54. The smallest absolute Gasteiger partial charge is 0.149 e. The monoisotopic (exact) mass is 266 g/mol. The van der Waals surface area contributed by atoms with Gasteiger partial charge in [-0.25, -0.2) is 4.39 Å². The molecule has 2 aromatic heterocycles. The summed E-state index contributed by atoms with van der Waals surface area (Å²) in [6.07, 6.45) is 4.90. The Morgan fingerprint density at radius 1 is 1.27 bits per heavy atom. The second kappa shape index (κ2) is 4.49. The maximum Gasteiger partial charge on any atom is 0.149 e. The van der Waals surface area contributed by atoms with Gasteiger partial charge in [0.05, 0.1) is 0 Å². The van der Waals surface area contributed by atoms with Gasteiger partial charge in [0.2, 0.25) is 0 Å². The molecule has 2 heterocycles. The molecule has 0 unspecified atom stereocenters. The summed E-state index contributed by atoms with van der Waals surface area (Å²) in [5.41, 5.74) is 1.93. The number of alkyl halides is 1. The summed E-state index contributed by atoms with van der Waals surface area (Å²) >= 11 is 3.26. The minimum absolute atomic E-state index is 0.307. The van der Waals surface area contributed by atoms with E-state index in [0.29, 0.717) is 11.0 Å². The van der Waals surface area contributed by atoms with E-state index in [-0.39, 0.29) is 5.82 Å². The largest absolute Gasteiger partial charge is 0.265 e. The minimum atomic E-state index is -0.307. The van der Waals surface area contributed by atoms with Crippen molar-refractivity contribution in [2.24, 2.45) is 0 Å². The lowest BCUT2D eigenvalue weighted by Crippen LogP contribution is -1.91. The highest BCUT2D eigenvalue weighted by Gasteiger charge is 2.06. The van der Waals surface area contributed by atoms with E-state index in [1.165, 1.54) is 6.07 Å². The summed E-state index contributed by atoms with van der Waals surface area (Å²) in [5.74, 6) is -0.307. The highest BCUT2D eigenvalue weighted by Crippen LogP contribution is 2.20. The van der Waals surface area contributed by atoms with Crippen molar-refractivity contribution in [3.63, 3.8) is 0 Å². The van der Waals surface area contributed by atoms with E-state index in [1.807, 2.05) is 0 Å². The minimum Gasteiger partial charge on any atom is -0.265 e. The van der Waals surface area contributed by atoms with Gasteiger partial charge in [0.25, 0.3) is 0 Å². The van der Waals surface area contributed by atoms with Crippen LogP contribution in [0.1, 0.15) is 5.56 Å². The molecule has 0 aliphatic rings. The number of rotatable bonds is 2. The van der Waals surface area contributed by atoms with Gasteiger partial charge in [0.1, 0.15) is 11.5 Å². The fraction of sp³-hybridized carbons (Fsp3) is 0.0909. The van der Waals surface area contributed by atoms with Crippen molar-refractivity contribution in [3.8, 4) is 11.3 Å². The molecule has 2 rings (SSSR count). The molecule has 0 radical (unpaired) electrons. The van der Waals surface area contributed by atoms with Crippen LogP contribution in [0.2, 0.25) is 0 Å². The molecule has 15 heavy (non-hydrogen) atoms. The van der Waals surface area contributed by atoms with Crippen molar-refractivity contribution < 1.29 is 4.39 Å². The van der Waals surface area contributed by atoms with Crippen molar-refractivity contribution in [3.05, 3.63) is 48.2 Å². The zero-order valence-corrected chi connectivity index (χ0v) is 9.41. The Bertz CT molecular complexity index is 459. The predicted molar refractivity (Wildman–Crippen MR) is 60.1 cm³/mol. The van der Waals surface area contributed by atoms with E-state index < -0.39 is 0 Å². The van der Waals surface area contributed by atoms with Crippen LogP contribution in [-0.2, 0) is 5.33 Å². The normalized spacial score (nSPS) is 10.3. The van der Waals surface area contributed by atoms with Crippen molar-refractivity contribution in [2.45, 2.75) is 5.33 Å². The van der Waals surface area contributed by atoms with Crippen LogP contribution in [0.25, 0.3) is 11.3 Å². The predicted octanol–water partition coefficient (Wildman–Crippen LogP) is 3.18. The summed E-state index contributed by atoms with van der Waals surface area (Å²) in [4.78, 5) is 7.96. The first-order chi connectivity index (χ1) is 7.31. The molecule has 0 atom stereocenters. The lowest BCUT2D eigenvalue weighted by molar-refractivity contribution is 0.624. The van der Waals surface area contributed by atoms with Gasteiger partial charge in [0, 0.05) is 29.5 Å². The van der Waals surface area contributed by atoms with Crippen molar-refractivity contribution >= 4 is 15.9 Å². The maximum atomic E-state index is 13.6. The molecule has 0 N–H and O–H groups in total. The molecule has 0 aromatic carbocycles. The van der Waals surface area contributed by atoms with Gasteiger partial charge < -0.3 is 0 Å². The second-order valence-corrected chi connectivity index (χ2v) is 3.60. The van der Waals surface area contributed by atoms with E-state index in [4.69, 9.17) is 0 Å². The van der Waals surface area contributed by atoms with Gasteiger partial charge in [-0.2, -0.15) is 0 Å². The summed E-state index contributed by atoms with van der Waals surface area (Å²) < 4.78 is 13.6. The molecular weight excluding hydrogens is 259 g/mol. The lowest BCUT2D eigenvalue weighted by atomic mass is 10.1. The van der Waals surface area contributed by atoms with E-state index >= 15 is 0 Å². The first-order valence-electron chi connectivity index (χ1n) is 4.42. The van der Waals surface area contributed by atoms with Crippen LogP contribution in [-0.4, -0.2) is 9.97 Å². The molecule has 4 heteroatoms. The number of hydrogen-bond acceptors (Lipinski definition) is 2. The van der Waals surface area contributed by atoms with Gasteiger partial charge >= 0.3 is 0 Å². The quantitative estimate of drug-likeness (QED) is 0.781. The van der Waals surface area contributed by atoms with E-state index in [0.717, 1.165) is 11.1 Å². The number of halogens is 2. The Hall–Kier alpha value is -1.29. The van der Waals surface area contributed by atoms with Crippen LogP contribution in [0, 0.1) is 5.82 Å². The topological polar surface area (TPSA) is 25.8 Å².